The molecule has 4 nitrogen and oxygen atoms in total. The molecule has 17 heavy (non-hydrogen) atoms. The fraction of sp³-hybridized carbons (Fsp3) is 0.818. The molecular formula is C11H19N3OS2. The lowest BCUT2D eigenvalue weighted by Crippen LogP contribution is -2.33. The summed E-state index contributed by atoms with van der Waals surface area (Å²) in [7, 11) is 3.92. The highest BCUT2D eigenvalue weighted by molar-refractivity contribution is 8.01. The molecule has 96 valence electrons. The predicted molar refractivity (Wildman–Crippen MR) is 73.0 cm³/mol. The maximum atomic E-state index is 10.4. The van der Waals surface area contributed by atoms with E-state index < -0.39 is 5.60 Å². The van der Waals surface area contributed by atoms with Crippen molar-refractivity contribution in [2.75, 3.05) is 24.7 Å². The first kappa shape index (κ1) is 13.1. The van der Waals surface area contributed by atoms with E-state index in [0.717, 1.165) is 40.9 Å². The van der Waals surface area contributed by atoms with Gasteiger partial charge in [-0.15, -0.1) is 10.2 Å². The summed E-state index contributed by atoms with van der Waals surface area (Å²) in [6.45, 7) is 0. The number of anilines is 1. The third kappa shape index (κ3) is 3.56. The molecule has 0 aliphatic heterocycles. The Morgan fingerprint density at radius 2 is 2.00 bits per heavy atom. The van der Waals surface area contributed by atoms with E-state index in [1.807, 2.05) is 19.0 Å². The molecule has 0 aromatic carbocycles. The highest BCUT2D eigenvalue weighted by Crippen LogP contribution is 2.35. The van der Waals surface area contributed by atoms with Gasteiger partial charge in [0.05, 0.1) is 5.60 Å². The predicted octanol–water partition coefficient (Wildman–Crippen LogP) is 2.39. The van der Waals surface area contributed by atoms with Crippen LogP contribution in [0.3, 0.4) is 0 Å². The molecule has 1 aromatic heterocycles. The Kier molecular flexibility index (Phi) is 4.27. The first-order valence-electron chi connectivity index (χ1n) is 5.95. The van der Waals surface area contributed by atoms with Gasteiger partial charge < -0.3 is 10.0 Å². The molecule has 6 heteroatoms. The van der Waals surface area contributed by atoms with Crippen LogP contribution in [0.4, 0.5) is 5.13 Å². The molecule has 1 N–H and O–H groups in total. The molecule has 1 aliphatic carbocycles. The second kappa shape index (κ2) is 5.54. The van der Waals surface area contributed by atoms with E-state index in [0.29, 0.717) is 0 Å². The third-order valence-electron chi connectivity index (χ3n) is 3.03. The van der Waals surface area contributed by atoms with Gasteiger partial charge in [-0.05, 0) is 12.8 Å². The topological polar surface area (TPSA) is 49.2 Å². The fourth-order valence-electron chi connectivity index (χ4n) is 1.99. The van der Waals surface area contributed by atoms with Crippen molar-refractivity contribution < 1.29 is 5.11 Å². The van der Waals surface area contributed by atoms with Crippen LogP contribution in [0.2, 0.25) is 0 Å². The Bertz CT molecular complexity index is 361. The van der Waals surface area contributed by atoms with Crippen molar-refractivity contribution >= 4 is 28.2 Å². The van der Waals surface area contributed by atoms with E-state index in [2.05, 4.69) is 10.2 Å². The van der Waals surface area contributed by atoms with Crippen LogP contribution in [0.1, 0.15) is 32.1 Å². The summed E-state index contributed by atoms with van der Waals surface area (Å²) in [6.07, 6.45) is 5.42. The van der Waals surface area contributed by atoms with E-state index >= 15 is 0 Å². The molecule has 1 heterocycles. The molecule has 0 unspecified atom stereocenters. The van der Waals surface area contributed by atoms with Crippen molar-refractivity contribution in [3.63, 3.8) is 0 Å². The standard InChI is InChI=1S/C11H19N3OS2/c1-14(2)9-12-13-10(17-9)16-8-11(15)6-4-3-5-7-11/h15H,3-8H2,1-2H3. The molecular weight excluding hydrogens is 254 g/mol. The quantitative estimate of drug-likeness (QED) is 0.854. The summed E-state index contributed by atoms with van der Waals surface area (Å²) in [4.78, 5) is 1.96. The van der Waals surface area contributed by atoms with Crippen LogP contribution in [0, 0.1) is 0 Å². The summed E-state index contributed by atoms with van der Waals surface area (Å²) < 4.78 is 0.952. The average Bonchev–Trinajstić information content (AvgIpc) is 2.76. The van der Waals surface area contributed by atoms with E-state index in [4.69, 9.17) is 0 Å². The molecule has 0 amide bonds. The van der Waals surface area contributed by atoms with Crippen molar-refractivity contribution in [1.29, 1.82) is 0 Å². The third-order valence-corrected chi connectivity index (χ3v) is 5.53. The van der Waals surface area contributed by atoms with Crippen LogP contribution < -0.4 is 4.90 Å². The first-order valence-corrected chi connectivity index (χ1v) is 7.75. The lowest BCUT2D eigenvalue weighted by atomic mass is 9.86. The van der Waals surface area contributed by atoms with E-state index in [-0.39, 0.29) is 0 Å². The zero-order chi connectivity index (χ0) is 12.3. The number of hydrogen-bond donors (Lipinski definition) is 1. The Morgan fingerprint density at radius 1 is 1.29 bits per heavy atom. The van der Waals surface area contributed by atoms with Crippen LogP contribution in [-0.2, 0) is 0 Å². The summed E-state index contributed by atoms with van der Waals surface area (Å²) >= 11 is 3.22. The van der Waals surface area contributed by atoms with Crippen LogP contribution in [0.5, 0.6) is 0 Å². The van der Waals surface area contributed by atoms with Crippen LogP contribution in [0.15, 0.2) is 4.34 Å². The van der Waals surface area contributed by atoms with E-state index in [1.165, 1.54) is 6.42 Å². The largest absolute Gasteiger partial charge is 0.389 e. The van der Waals surface area contributed by atoms with Crippen molar-refractivity contribution in [2.24, 2.45) is 0 Å². The van der Waals surface area contributed by atoms with Gasteiger partial charge in [0.1, 0.15) is 0 Å². The maximum absolute atomic E-state index is 10.4. The smallest absolute Gasteiger partial charge is 0.208 e. The zero-order valence-corrected chi connectivity index (χ0v) is 12.0. The van der Waals surface area contributed by atoms with E-state index in [1.54, 1.807) is 23.1 Å². The van der Waals surface area contributed by atoms with Crippen molar-refractivity contribution in [2.45, 2.75) is 42.0 Å². The molecule has 1 saturated carbocycles. The summed E-state index contributed by atoms with van der Waals surface area (Å²) in [5, 5.41) is 19.5. The monoisotopic (exact) mass is 273 g/mol. The van der Waals surface area contributed by atoms with Gasteiger partial charge in [0.15, 0.2) is 4.34 Å². The van der Waals surface area contributed by atoms with Gasteiger partial charge in [-0.2, -0.15) is 0 Å². The summed E-state index contributed by atoms with van der Waals surface area (Å²) in [5.41, 5.74) is -0.479. The molecule has 1 fully saturated rings. The second-order valence-electron chi connectivity index (χ2n) is 4.82. The minimum atomic E-state index is -0.479. The van der Waals surface area contributed by atoms with Crippen LogP contribution in [-0.4, -0.2) is 40.8 Å². The number of nitrogens with zero attached hydrogens (tertiary/aromatic N) is 3. The normalized spacial score (nSPS) is 19.2. The van der Waals surface area contributed by atoms with Crippen LogP contribution in [0.25, 0.3) is 0 Å². The molecule has 0 bridgehead atoms. The number of rotatable bonds is 4. The molecule has 2 rings (SSSR count). The highest BCUT2D eigenvalue weighted by atomic mass is 32.2. The molecule has 0 saturated heterocycles. The lowest BCUT2D eigenvalue weighted by Gasteiger charge is -2.31. The minimum Gasteiger partial charge on any atom is -0.389 e. The highest BCUT2D eigenvalue weighted by Gasteiger charge is 2.29. The van der Waals surface area contributed by atoms with E-state index in [9.17, 15) is 5.11 Å². The maximum Gasteiger partial charge on any atom is 0.208 e. The van der Waals surface area contributed by atoms with Gasteiger partial charge in [0, 0.05) is 19.8 Å². The summed E-state index contributed by atoms with van der Waals surface area (Å²) in [5.74, 6) is 0.745. The molecule has 0 atom stereocenters. The summed E-state index contributed by atoms with van der Waals surface area (Å²) in [6, 6.07) is 0. The average molecular weight is 273 g/mol. The van der Waals surface area contributed by atoms with Crippen LogP contribution >= 0.6 is 23.1 Å². The zero-order valence-electron chi connectivity index (χ0n) is 10.3. The number of thioether (sulfide) groups is 1. The molecule has 1 aromatic rings. The Labute approximate surface area is 110 Å². The molecule has 0 spiro atoms. The van der Waals surface area contributed by atoms with Gasteiger partial charge in [0.25, 0.3) is 0 Å². The Hall–Kier alpha value is -0.330. The van der Waals surface area contributed by atoms with Gasteiger partial charge >= 0.3 is 0 Å². The second-order valence-corrected chi connectivity index (χ2v) is 7.00. The number of aliphatic hydroxyl groups is 1. The Morgan fingerprint density at radius 3 is 2.59 bits per heavy atom. The SMILES string of the molecule is CN(C)c1nnc(SCC2(O)CCCCC2)s1. The Balaban J connectivity index is 1.88. The van der Waals surface area contributed by atoms with Gasteiger partial charge in [-0.3, -0.25) is 0 Å². The van der Waals surface area contributed by atoms with Gasteiger partial charge in [-0.25, -0.2) is 0 Å². The van der Waals surface area contributed by atoms with Crippen molar-refractivity contribution in [3.8, 4) is 0 Å². The van der Waals surface area contributed by atoms with Gasteiger partial charge in [-0.1, -0.05) is 42.4 Å². The molecule has 1 aliphatic rings. The van der Waals surface area contributed by atoms with Gasteiger partial charge in [0.2, 0.25) is 5.13 Å². The lowest BCUT2D eigenvalue weighted by molar-refractivity contribution is 0.0273. The first-order chi connectivity index (χ1) is 8.09. The number of hydrogen-bond acceptors (Lipinski definition) is 6. The van der Waals surface area contributed by atoms with Crippen molar-refractivity contribution in [1.82, 2.24) is 10.2 Å². The number of aromatic nitrogens is 2. The molecule has 0 radical (unpaired) electrons. The minimum absolute atomic E-state index is 0.479. The van der Waals surface area contributed by atoms with Crippen molar-refractivity contribution in [3.05, 3.63) is 0 Å². The fourth-order valence-corrected chi connectivity index (χ4v) is 3.91.